The Hall–Kier alpha value is -2.44. The fourth-order valence-electron chi connectivity index (χ4n) is 3.03. The minimum absolute atomic E-state index is 0.191. The number of hydrogen-bond acceptors (Lipinski definition) is 5. The van der Waals surface area contributed by atoms with Gasteiger partial charge in [0.05, 0.1) is 17.9 Å². The van der Waals surface area contributed by atoms with Crippen LogP contribution in [0.5, 0.6) is 5.75 Å². The average molecular weight is 354 g/mol. The lowest BCUT2D eigenvalue weighted by molar-refractivity contribution is -0.128. The lowest BCUT2D eigenvalue weighted by Gasteiger charge is -2.24. The van der Waals surface area contributed by atoms with Gasteiger partial charge in [-0.25, -0.2) is 4.98 Å². The molecule has 2 aromatic carbocycles. The molecule has 1 amide bonds. The van der Waals surface area contributed by atoms with Crippen molar-refractivity contribution in [2.45, 2.75) is 19.4 Å². The number of ether oxygens (including phenoxy) is 2. The normalized spacial score (nSPS) is 16.4. The molecule has 0 unspecified atom stereocenters. The first-order valence-electron chi connectivity index (χ1n) is 8.29. The molecule has 4 rings (SSSR count). The first-order chi connectivity index (χ1) is 12.3. The Morgan fingerprint density at radius 3 is 3.08 bits per heavy atom. The van der Waals surface area contributed by atoms with Crippen LogP contribution < -0.4 is 10.1 Å². The molecule has 1 aliphatic rings. The second-order valence-corrected chi connectivity index (χ2v) is 6.77. The highest BCUT2D eigenvalue weighted by atomic mass is 32.1. The number of rotatable bonds is 4. The summed E-state index contributed by atoms with van der Waals surface area (Å²) in [6, 6.07) is 13.7. The highest BCUT2D eigenvalue weighted by molar-refractivity contribution is 7.22. The number of thiazole rings is 1. The molecule has 0 fully saturated rings. The maximum atomic E-state index is 12.7. The predicted molar refractivity (Wildman–Crippen MR) is 98.3 cm³/mol. The molecule has 2 heterocycles. The van der Waals surface area contributed by atoms with E-state index in [0.29, 0.717) is 18.3 Å². The van der Waals surface area contributed by atoms with Gasteiger partial charge in [-0.05, 0) is 36.6 Å². The smallest absolute Gasteiger partial charge is 0.259 e. The van der Waals surface area contributed by atoms with Crippen LogP contribution in [0.1, 0.15) is 24.2 Å². The van der Waals surface area contributed by atoms with E-state index in [1.165, 1.54) is 11.3 Å². The van der Waals surface area contributed by atoms with Crippen molar-refractivity contribution in [3.05, 3.63) is 53.6 Å². The lowest BCUT2D eigenvalue weighted by atomic mass is 9.97. The fourth-order valence-corrected chi connectivity index (χ4v) is 3.92. The number of nitrogens with one attached hydrogen (secondary N) is 1. The molecule has 0 saturated carbocycles. The molecular weight excluding hydrogens is 336 g/mol. The largest absolute Gasteiger partial charge is 0.492 e. The summed E-state index contributed by atoms with van der Waals surface area (Å²) in [7, 11) is 0. The van der Waals surface area contributed by atoms with Gasteiger partial charge in [0.1, 0.15) is 11.3 Å². The number of benzene rings is 2. The van der Waals surface area contributed by atoms with Crippen molar-refractivity contribution in [2.24, 2.45) is 0 Å². The number of para-hydroxylation sites is 1. The molecule has 1 atom stereocenters. The molecule has 0 bridgehead atoms. The van der Waals surface area contributed by atoms with Crippen molar-refractivity contribution in [3.8, 4) is 5.75 Å². The lowest BCUT2D eigenvalue weighted by Crippen LogP contribution is -2.28. The molecule has 1 N–H and O–H groups in total. The predicted octanol–water partition coefficient (Wildman–Crippen LogP) is 3.95. The summed E-state index contributed by atoms with van der Waals surface area (Å²) >= 11 is 1.43. The van der Waals surface area contributed by atoms with Crippen molar-refractivity contribution < 1.29 is 14.3 Å². The van der Waals surface area contributed by atoms with Gasteiger partial charge in [-0.3, -0.25) is 10.1 Å². The van der Waals surface area contributed by atoms with Gasteiger partial charge in [0.15, 0.2) is 11.2 Å². The summed E-state index contributed by atoms with van der Waals surface area (Å²) in [5, 5.41) is 3.45. The summed E-state index contributed by atoms with van der Waals surface area (Å²) in [4.78, 5) is 17.2. The quantitative estimate of drug-likeness (QED) is 0.771. The Labute approximate surface area is 149 Å². The molecule has 0 saturated heterocycles. The highest BCUT2D eigenvalue weighted by Crippen LogP contribution is 2.34. The van der Waals surface area contributed by atoms with Crippen LogP contribution in [0.25, 0.3) is 10.2 Å². The van der Waals surface area contributed by atoms with Crippen molar-refractivity contribution >= 4 is 32.6 Å². The van der Waals surface area contributed by atoms with Gasteiger partial charge >= 0.3 is 0 Å². The first kappa shape index (κ1) is 16.1. The van der Waals surface area contributed by atoms with Crippen LogP contribution in [0.3, 0.4) is 0 Å². The van der Waals surface area contributed by atoms with E-state index in [-0.39, 0.29) is 5.91 Å². The zero-order chi connectivity index (χ0) is 17.2. The minimum Gasteiger partial charge on any atom is -0.492 e. The molecule has 128 valence electrons. The number of amides is 1. The van der Waals surface area contributed by atoms with Gasteiger partial charge in [0, 0.05) is 0 Å². The number of aromatic nitrogens is 1. The van der Waals surface area contributed by atoms with Crippen molar-refractivity contribution in [1.29, 1.82) is 0 Å². The number of anilines is 1. The molecule has 3 aromatic rings. The van der Waals surface area contributed by atoms with E-state index in [1.807, 2.05) is 49.4 Å². The summed E-state index contributed by atoms with van der Waals surface area (Å²) in [5.74, 6) is 0.542. The molecule has 6 heteroatoms. The second kappa shape index (κ2) is 6.82. The van der Waals surface area contributed by atoms with Crippen LogP contribution in [-0.4, -0.2) is 24.1 Å². The monoisotopic (exact) mass is 354 g/mol. The van der Waals surface area contributed by atoms with Crippen LogP contribution in [0.2, 0.25) is 0 Å². The van der Waals surface area contributed by atoms with E-state index in [2.05, 4.69) is 10.3 Å². The number of carbonyl (C=O) groups is 1. The molecule has 25 heavy (non-hydrogen) atoms. The van der Waals surface area contributed by atoms with Gasteiger partial charge in [-0.15, -0.1) is 0 Å². The topological polar surface area (TPSA) is 60.5 Å². The van der Waals surface area contributed by atoms with Crippen LogP contribution in [-0.2, 0) is 16.0 Å². The van der Waals surface area contributed by atoms with Crippen molar-refractivity contribution in [1.82, 2.24) is 4.98 Å². The number of hydrogen-bond donors (Lipinski definition) is 1. The van der Waals surface area contributed by atoms with Crippen molar-refractivity contribution in [2.75, 3.05) is 18.5 Å². The Morgan fingerprint density at radius 2 is 2.20 bits per heavy atom. The third kappa shape index (κ3) is 3.10. The van der Waals surface area contributed by atoms with Crippen LogP contribution >= 0.6 is 11.3 Å². The number of nitrogens with zero attached hydrogens (tertiary/aromatic N) is 1. The molecule has 1 aromatic heterocycles. The van der Waals surface area contributed by atoms with E-state index >= 15 is 0 Å². The zero-order valence-electron chi connectivity index (χ0n) is 13.8. The molecule has 0 aliphatic carbocycles. The Bertz CT molecular complexity index is 922. The Kier molecular flexibility index (Phi) is 4.38. The van der Waals surface area contributed by atoms with Crippen molar-refractivity contribution in [3.63, 3.8) is 0 Å². The van der Waals surface area contributed by atoms with Gasteiger partial charge in [-0.1, -0.05) is 41.7 Å². The molecule has 1 aliphatic heterocycles. The van der Waals surface area contributed by atoms with E-state index < -0.39 is 6.10 Å². The van der Waals surface area contributed by atoms with Gasteiger partial charge < -0.3 is 9.47 Å². The molecule has 5 nitrogen and oxygen atoms in total. The maximum absolute atomic E-state index is 12.7. The van der Waals surface area contributed by atoms with E-state index in [1.54, 1.807) is 0 Å². The standard InChI is InChI=1S/C19H18N2O3S/c1-2-23-14-8-5-9-15-16(14)20-19(25-15)21-18(22)17-13-7-4-3-6-12(13)10-11-24-17/h3-9,17H,2,10-11H2,1H3,(H,20,21,22)/t17-/m0/s1. The van der Waals surface area contributed by atoms with E-state index in [4.69, 9.17) is 9.47 Å². The summed E-state index contributed by atoms with van der Waals surface area (Å²) in [6.45, 7) is 3.06. The Balaban J connectivity index is 1.59. The van der Waals surface area contributed by atoms with Crippen LogP contribution in [0.15, 0.2) is 42.5 Å². The fraction of sp³-hybridized carbons (Fsp3) is 0.263. The molecule has 0 spiro atoms. The van der Waals surface area contributed by atoms with E-state index in [9.17, 15) is 4.79 Å². The summed E-state index contributed by atoms with van der Waals surface area (Å²) < 4.78 is 12.3. The maximum Gasteiger partial charge on any atom is 0.259 e. The third-order valence-corrected chi connectivity index (χ3v) is 5.08. The molecular formula is C19H18N2O3S. The SMILES string of the molecule is CCOc1cccc2sc(NC(=O)[C@H]3OCCc4ccccc43)nc12. The summed E-state index contributed by atoms with van der Waals surface area (Å²) in [5.41, 5.74) is 2.87. The molecule has 0 radical (unpaired) electrons. The average Bonchev–Trinajstić information content (AvgIpc) is 3.05. The zero-order valence-corrected chi connectivity index (χ0v) is 14.6. The highest BCUT2D eigenvalue weighted by Gasteiger charge is 2.28. The first-order valence-corrected chi connectivity index (χ1v) is 9.10. The minimum atomic E-state index is -0.594. The van der Waals surface area contributed by atoms with Crippen LogP contribution in [0, 0.1) is 0 Å². The van der Waals surface area contributed by atoms with Crippen LogP contribution in [0.4, 0.5) is 5.13 Å². The van der Waals surface area contributed by atoms with E-state index in [0.717, 1.165) is 33.5 Å². The second-order valence-electron chi connectivity index (χ2n) is 5.74. The summed E-state index contributed by atoms with van der Waals surface area (Å²) in [6.07, 6.45) is 0.238. The van der Waals surface area contributed by atoms with Gasteiger partial charge in [0.2, 0.25) is 0 Å². The van der Waals surface area contributed by atoms with Gasteiger partial charge in [0.25, 0.3) is 5.91 Å². The number of carbonyl (C=O) groups excluding carboxylic acids is 1. The van der Waals surface area contributed by atoms with Gasteiger partial charge in [-0.2, -0.15) is 0 Å². The number of fused-ring (bicyclic) bond motifs is 2. The Morgan fingerprint density at radius 1 is 1.32 bits per heavy atom. The third-order valence-electron chi connectivity index (χ3n) is 4.14.